The molecule has 22 heavy (non-hydrogen) atoms. The van der Waals surface area contributed by atoms with E-state index in [0.29, 0.717) is 23.7 Å². The molecule has 0 aliphatic rings. The van der Waals surface area contributed by atoms with Gasteiger partial charge in [0.15, 0.2) is 11.5 Å². The first-order valence-electron chi connectivity index (χ1n) is 6.93. The standard InChI is InChI=1S/C17H18BrNO3/c1-4-22-16-10-12(5-8-15(16)21-3)17(20)19-13-6-7-14(18)11(2)9-13/h5-10H,4H2,1-3H3,(H,19,20). The molecule has 0 radical (unpaired) electrons. The number of nitrogens with one attached hydrogen (secondary N) is 1. The lowest BCUT2D eigenvalue weighted by molar-refractivity contribution is 0.102. The summed E-state index contributed by atoms with van der Waals surface area (Å²) in [6.45, 7) is 4.37. The van der Waals surface area contributed by atoms with Gasteiger partial charge < -0.3 is 14.8 Å². The molecule has 0 unspecified atom stereocenters. The van der Waals surface area contributed by atoms with E-state index >= 15 is 0 Å². The number of rotatable bonds is 5. The van der Waals surface area contributed by atoms with E-state index in [1.165, 1.54) is 0 Å². The number of carbonyl (C=O) groups is 1. The SMILES string of the molecule is CCOc1cc(C(=O)Nc2ccc(Br)c(C)c2)ccc1OC. The summed E-state index contributed by atoms with van der Waals surface area (Å²) in [6.07, 6.45) is 0. The Morgan fingerprint density at radius 3 is 2.59 bits per heavy atom. The molecule has 0 aromatic heterocycles. The monoisotopic (exact) mass is 363 g/mol. The molecule has 0 aliphatic carbocycles. The van der Waals surface area contributed by atoms with Crippen LogP contribution in [-0.4, -0.2) is 19.6 Å². The van der Waals surface area contributed by atoms with Crippen LogP contribution < -0.4 is 14.8 Å². The second kappa shape index (κ2) is 7.31. The van der Waals surface area contributed by atoms with Crippen LogP contribution >= 0.6 is 15.9 Å². The number of anilines is 1. The summed E-state index contributed by atoms with van der Waals surface area (Å²) in [5.41, 5.74) is 2.33. The smallest absolute Gasteiger partial charge is 0.255 e. The van der Waals surface area contributed by atoms with Crippen molar-refractivity contribution in [1.82, 2.24) is 0 Å². The molecule has 1 N–H and O–H groups in total. The Labute approximate surface area is 138 Å². The van der Waals surface area contributed by atoms with Gasteiger partial charge in [0.05, 0.1) is 13.7 Å². The van der Waals surface area contributed by atoms with Crippen LogP contribution in [0.4, 0.5) is 5.69 Å². The summed E-state index contributed by atoms with van der Waals surface area (Å²) < 4.78 is 11.7. The molecule has 0 saturated heterocycles. The van der Waals surface area contributed by atoms with Gasteiger partial charge in [-0.15, -0.1) is 0 Å². The second-order valence-electron chi connectivity index (χ2n) is 4.72. The van der Waals surface area contributed by atoms with Crippen molar-refractivity contribution in [3.63, 3.8) is 0 Å². The number of ether oxygens (including phenoxy) is 2. The fraction of sp³-hybridized carbons (Fsp3) is 0.235. The lowest BCUT2D eigenvalue weighted by atomic mass is 10.1. The predicted octanol–water partition coefficient (Wildman–Crippen LogP) is 4.42. The Balaban J connectivity index is 2.21. The third-order valence-electron chi connectivity index (χ3n) is 3.14. The summed E-state index contributed by atoms with van der Waals surface area (Å²) in [5, 5.41) is 2.88. The minimum Gasteiger partial charge on any atom is -0.493 e. The van der Waals surface area contributed by atoms with Gasteiger partial charge in [0, 0.05) is 15.7 Å². The maximum absolute atomic E-state index is 12.3. The zero-order valence-corrected chi connectivity index (χ0v) is 14.4. The fourth-order valence-corrected chi connectivity index (χ4v) is 2.26. The summed E-state index contributed by atoms with van der Waals surface area (Å²) in [7, 11) is 1.57. The molecule has 116 valence electrons. The van der Waals surface area contributed by atoms with E-state index in [1.54, 1.807) is 25.3 Å². The van der Waals surface area contributed by atoms with E-state index in [0.717, 1.165) is 15.7 Å². The molecule has 5 heteroatoms. The maximum atomic E-state index is 12.3. The Hall–Kier alpha value is -2.01. The molecule has 0 heterocycles. The molecule has 0 bridgehead atoms. The van der Waals surface area contributed by atoms with Gasteiger partial charge in [0.1, 0.15) is 0 Å². The molecule has 0 spiro atoms. The lowest BCUT2D eigenvalue weighted by Crippen LogP contribution is -2.12. The quantitative estimate of drug-likeness (QED) is 0.855. The Bertz CT molecular complexity index is 686. The van der Waals surface area contributed by atoms with Gasteiger partial charge >= 0.3 is 0 Å². The van der Waals surface area contributed by atoms with Crippen LogP contribution in [0.25, 0.3) is 0 Å². The first-order valence-corrected chi connectivity index (χ1v) is 7.72. The van der Waals surface area contributed by atoms with E-state index in [4.69, 9.17) is 9.47 Å². The van der Waals surface area contributed by atoms with Crippen molar-refractivity contribution < 1.29 is 14.3 Å². The molecule has 0 aliphatic heterocycles. The molecular weight excluding hydrogens is 346 g/mol. The lowest BCUT2D eigenvalue weighted by Gasteiger charge is -2.11. The Morgan fingerprint density at radius 1 is 1.18 bits per heavy atom. The van der Waals surface area contributed by atoms with Gasteiger partial charge in [0.2, 0.25) is 0 Å². The topological polar surface area (TPSA) is 47.6 Å². The highest BCUT2D eigenvalue weighted by Crippen LogP contribution is 2.28. The van der Waals surface area contributed by atoms with Crippen LogP contribution in [0.5, 0.6) is 11.5 Å². The van der Waals surface area contributed by atoms with E-state index in [1.807, 2.05) is 32.0 Å². The van der Waals surface area contributed by atoms with Crippen molar-refractivity contribution in [3.05, 3.63) is 52.0 Å². The van der Waals surface area contributed by atoms with Crippen molar-refractivity contribution in [2.75, 3.05) is 19.0 Å². The molecule has 0 saturated carbocycles. The van der Waals surface area contributed by atoms with Crippen LogP contribution in [0.2, 0.25) is 0 Å². The van der Waals surface area contributed by atoms with Crippen molar-refractivity contribution in [3.8, 4) is 11.5 Å². The summed E-state index contributed by atoms with van der Waals surface area (Å²) in [5.74, 6) is 0.979. The average molecular weight is 364 g/mol. The van der Waals surface area contributed by atoms with Gasteiger partial charge in [-0.3, -0.25) is 4.79 Å². The number of hydrogen-bond acceptors (Lipinski definition) is 3. The number of benzene rings is 2. The van der Waals surface area contributed by atoms with Crippen molar-refractivity contribution in [2.45, 2.75) is 13.8 Å². The first-order chi connectivity index (χ1) is 10.5. The van der Waals surface area contributed by atoms with Crippen LogP contribution in [0, 0.1) is 6.92 Å². The highest BCUT2D eigenvalue weighted by atomic mass is 79.9. The predicted molar refractivity (Wildman–Crippen MR) is 91.0 cm³/mol. The zero-order chi connectivity index (χ0) is 16.1. The van der Waals surface area contributed by atoms with Crippen LogP contribution in [0.1, 0.15) is 22.8 Å². The van der Waals surface area contributed by atoms with Crippen LogP contribution in [0.15, 0.2) is 40.9 Å². The van der Waals surface area contributed by atoms with Crippen molar-refractivity contribution in [2.24, 2.45) is 0 Å². The van der Waals surface area contributed by atoms with Gasteiger partial charge in [-0.25, -0.2) is 0 Å². The highest BCUT2D eigenvalue weighted by Gasteiger charge is 2.11. The van der Waals surface area contributed by atoms with Crippen molar-refractivity contribution in [1.29, 1.82) is 0 Å². The number of amides is 1. The number of aryl methyl sites for hydroxylation is 1. The normalized spacial score (nSPS) is 10.2. The largest absolute Gasteiger partial charge is 0.493 e. The molecule has 2 aromatic carbocycles. The van der Waals surface area contributed by atoms with E-state index in [9.17, 15) is 4.79 Å². The Morgan fingerprint density at radius 2 is 1.95 bits per heavy atom. The summed E-state index contributed by atoms with van der Waals surface area (Å²) in [4.78, 5) is 12.3. The first kappa shape index (κ1) is 16.4. The van der Waals surface area contributed by atoms with Crippen molar-refractivity contribution >= 4 is 27.5 Å². The zero-order valence-electron chi connectivity index (χ0n) is 12.8. The van der Waals surface area contributed by atoms with Crippen LogP contribution in [-0.2, 0) is 0 Å². The molecule has 4 nitrogen and oxygen atoms in total. The third-order valence-corrected chi connectivity index (χ3v) is 4.03. The fourth-order valence-electron chi connectivity index (χ4n) is 2.01. The van der Waals surface area contributed by atoms with E-state index < -0.39 is 0 Å². The number of hydrogen-bond donors (Lipinski definition) is 1. The second-order valence-corrected chi connectivity index (χ2v) is 5.57. The molecule has 0 atom stereocenters. The Kier molecular flexibility index (Phi) is 5.44. The van der Waals surface area contributed by atoms with Gasteiger partial charge in [0.25, 0.3) is 5.91 Å². The van der Waals surface area contributed by atoms with Gasteiger partial charge in [-0.2, -0.15) is 0 Å². The molecular formula is C17H18BrNO3. The van der Waals surface area contributed by atoms with E-state index in [2.05, 4.69) is 21.2 Å². The average Bonchev–Trinajstić information content (AvgIpc) is 2.51. The van der Waals surface area contributed by atoms with Gasteiger partial charge in [-0.1, -0.05) is 15.9 Å². The molecule has 2 rings (SSSR count). The number of methoxy groups -OCH3 is 1. The van der Waals surface area contributed by atoms with E-state index in [-0.39, 0.29) is 5.91 Å². The van der Waals surface area contributed by atoms with Gasteiger partial charge in [-0.05, 0) is 55.8 Å². The minimum absolute atomic E-state index is 0.190. The maximum Gasteiger partial charge on any atom is 0.255 e. The molecule has 1 amide bonds. The minimum atomic E-state index is -0.190. The third kappa shape index (κ3) is 3.80. The summed E-state index contributed by atoms with van der Waals surface area (Å²) >= 11 is 3.44. The summed E-state index contributed by atoms with van der Waals surface area (Å²) in [6, 6.07) is 10.8. The number of halogens is 1. The van der Waals surface area contributed by atoms with Crippen LogP contribution in [0.3, 0.4) is 0 Å². The molecule has 2 aromatic rings. The molecule has 0 fully saturated rings. The number of carbonyl (C=O) groups excluding carboxylic acids is 1. The highest BCUT2D eigenvalue weighted by molar-refractivity contribution is 9.10.